The molecular weight excluding hydrogens is 253 g/mol. The van der Waals surface area contributed by atoms with Gasteiger partial charge in [0.25, 0.3) is 0 Å². The van der Waals surface area contributed by atoms with Crippen molar-refractivity contribution in [1.82, 2.24) is 4.98 Å². The van der Waals surface area contributed by atoms with E-state index in [1.54, 1.807) is 18.3 Å². The van der Waals surface area contributed by atoms with Crippen LogP contribution < -0.4 is 4.74 Å². The highest BCUT2D eigenvalue weighted by Crippen LogP contribution is 2.29. The number of rotatable bonds is 5. The molecule has 0 amide bonds. The van der Waals surface area contributed by atoms with Crippen molar-refractivity contribution in [2.24, 2.45) is 0 Å². The molecule has 0 radical (unpaired) electrons. The molecule has 2 aromatic rings. The topological polar surface area (TPSA) is 42.4 Å². The predicted molar refractivity (Wildman–Crippen MR) is 69.5 cm³/mol. The van der Waals surface area contributed by atoms with E-state index in [9.17, 15) is 4.39 Å². The zero-order valence-corrected chi connectivity index (χ0v) is 10.8. The van der Waals surface area contributed by atoms with E-state index in [2.05, 4.69) is 4.98 Å². The lowest BCUT2D eigenvalue weighted by molar-refractivity contribution is 0.300. The van der Waals surface area contributed by atoms with E-state index in [-0.39, 0.29) is 18.2 Å². The van der Waals surface area contributed by atoms with Gasteiger partial charge in [-0.1, -0.05) is 0 Å². The lowest BCUT2D eigenvalue weighted by atomic mass is 10.2. The summed E-state index contributed by atoms with van der Waals surface area (Å²) in [6, 6.07) is 4.82. The molecule has 0 atom stereocenters. The van der Waals surface area contributed by atoms with Crippen molar-refractivity contribution < 1.29 is 14.2 Å². The molecule has 0 aliphatic carbocycles. The highest BCUT2D eigenvalue weighted by Gasteiger charge is 2.09. The second kappa shape index (κ2) is 5.93. The molecular formula is C13H14FNO2S. The van der Waals surface area contributed by atoms with Crippen LogP contribution in [0.1, 0.15) is 11.8 Å². The fourth-order valence-electron chi connectivity index (χ4n) is 1.57. The first kappa shape index (κ1) is 13.0. The Bertz CT molecular complexity index is 527. The van der Waals surface area contributed by atoms with E-state index >= 15 is 0 Å². The lowest BCUT2D eigenvalue weighted by Crippen LogP contribution is -1.94. The third-order valence-electron chi connectivity index (χ3n) is 2.39. The highest BCUT2D eigenvalue weighted by molar-refractivity contribution is 7.15. The minimum absolute atomic E-state index is 0.0965. The van der Waals surface area contributed by atoms with Gasteiger partial charge < -0.3 is 9.84 Å². The summed E-state index contributed by atoms with van der Waals surface area (Å²) >= 11 is 1.46. The van der Waals surface area contributed by atoms with Gasteiger partial charge in [-0.15, -0.1) is 11.3 Å². The summed E-state index contributed by atoms with van der Waals surface area (Å²) in [7, 11) is 0. The van der Waals surface area contributed by atoms with Crippen LogP contribution in [0.4, 0.5) is 4.39 Å². The van der Waals surface area contributed by atoms with E-state index in [4.69, 9.17) is 9.84 Å². The van der Waals surface area contributed by atoms with E-state index < -0.39 is 0 Å². The molecule has 0 bridgehead atoms. The fourth-order valence-corrected chi connectivity index (χ4v) is 2.47. The van der Waals surface area contributed by atoms with Crippen molar-refractivity contribution in [3.63, 3.8) is 0 Å². The average molecular weight is 267 g/mol. The number of aliphatic hydroxyl groups is 1. The molecule has 0 aliphatic rings. The van der Waals surface area contributed by atoms with Crippen LogP contribution in [0, 0.1) is 5.82 Å². The van der Waals surface area contributed by atoms with Gasteiger partial charge in [0, 0.05) is 29.7 Å². The molecule has 1 N–H and O–H groups in total. The Morgan fingerprint density at radius 1 is 1.44 bits per heavy atom. The van der Waals surface area contributed by atoms with Crippen LogP contribution in [0.2, 0.25) is 0 Å². The van der Waals surface area contributed by atoms with Crippen molar-refractivity contribution >= 4 is 11.3 Å². The monoisotopic (exact) mass is 267 g/mol. The number of hydrogen-bond acceptors (Lipinski definition) is 4. The van der Waals surface area contributed by atoms with Gasteiger partial charge in [0.15, 0.2) is 11.6 Å². The maximum absolute atomic E-state index is 13.7. The standard InChI is InChI=1S/C13H14FNO2S/c1-2-17-12-4-3-9(7-11(12)14)13-15-8-10(18-13)5-6-16/h3-4,7-8,16H,2,5-6H2,1H3. The Kier molecular flexibility index (Phi) is 4.28. The summed E-state index contributed by atoms with van der Waals surface area (Å²) in [5, 5.41) is 9.59. The van der Waals surface area contributed by atoms with Gasteiger partial charge in [-0.3, -0.25) is 0 Å². The van der Waals surface area contributed by atoms with E-state index in [0.717, 1.165) is 15.4 Å². The van der Waals surface area contributed by atoms with E-state index in [0.29, 0.717) is 13.0 Å². The number of benzene rings is 1. The minimum Gasteiger partial charge on any atom is -0.491 e. The van der Waals surface area contributed by atoms with Crippen molar-refractivity contribution in [2.45, 2.75) is 13.3 Å². The number of thiazole rings is 1. The molecule has 0 fully saturated rings. The number of hydrogen-bond donors (Lipinski definition) is 1. The Morgan fingerprint density at radius 3 is 2.94 bits per heavy atom. The number of nitrogens with zero attached hydrogens (tertiary/aromatic N) is 1. The van der Waals surface area contributed by atoms with Gasteiger partial charge in [0.1, 0.15) is 5.01 Å². The highest BCUT2D eigenvalue weighted by atomic mass is 32.1. The number of ether oxygens (including phenoxy) is 1. The quantitative estimate of drug-likeness (QED) is 0.905. The van der Waals surface area contributed by atoms with Gasteiger partial charge in [0.2, 0.25) is 0 Å². The summed E-state index contributed by atoms with van der Waals surface area (Å²) in [5.41, 5.74) is 0.727. The Hall–Kier alpha value is -1.46. The Labute approximate surface area is 109 Å². The summed E-state index contributed by atoms with van der Waals surface area (Å²) in [6.45, 7) is 2.35. The van der Waals surface area contributed by atoms with Crippen molar-refractivity contribution in [3.8, 4) is 16.3 Å². The second-order valence-electron chi connectivity index (χ2n) is 3.68. The van der Waals surface area contributed by atoms with Crippen LogP contribution in [0.5, 0.6) is 5.75 Å². The van der Waals surface area contributed by atoms with Crippen LogP contribution in [-0.2, 0) is 6.42 Å². The van der Waals surface area contributed by atoms with Crippen molar-refractivity contribution in [3.05, 3.63) is 35.1 Å². The molecule has 0 spiro atoms. The Balaban J connectivity index is 2.24. The molecule has 0 aliphatic heterocycles. The molecule has 3 nitrogen and oxygen atoms in total. The summed E-state index contributed by atoms with van der Waals surface area (Å²) < 4.78 is 18.8. The van der Waals surface area contributed by atoms with Crippen LogP contribution >= 0.6 is 11.3 Å². The molecule has 0 saturated carbocycles. The van der Waals surface area contributed by atoms with E-state index in [1.165, 1.54) is 17.4 Å². The van der Waals surface area contributed by atoms with Crippen LogP contribution in [0.15, 0.2) is 24.4 Å². The van der Waals surface area contributed by atoms with Crippen molar-refractivity contribution in [1.29, 1.82) is 0 Å². The van der Waals surface area contributed by atoms with Gasteiger partial charge in [0.05, 0.1) is 6.61 Å². The maximum atomic E-state index is 13.7. The normalized spacial score (nSPS) is 10.6. The van der Waals surface area contributed by atoms with E-state index in [1.807, 2.05) is 6.92 Å². The molecule has 5 heteroatoms. The van der Waals surface area contributed by atoms with Gasteiger partial charge in [-0.25, -0.2) is 9.37 Å². The molecule has 2 rings (SSSR count). The number of aliphatic hydroxyl groups excluding tert-OH is 1. The molecule has 1 heterocycles. The SMILES string of the molecule is CCOc1ccc(-c2ncc(CCO)s2)cc1F. The molecule has 0 saturated heterocycles. The summed E-state index contributed by atoms with van der Waals surface area (Å²) in [6.07, 6.45) is 2.29. The summed E-state index contributed by atoms with van der Waals surface area (Å²) in [5.74, 6) is -0.123. The summed E-state index contributed by atoms with van der Waals surface area (Å²) in [4.78, 5) is 5.21. The van der Waals surface area contributed by atoms with Crippen molar-refractivity contribution in [2.75, 3.05) is 13.2 Å². The van der Waals surface area contributed by atoms with Crippen LogP contribution in [0.25, 0.3) is 10.6 Å². The predicted octanol–water partition coefficient (Wildman–Crippen LogP) is 2.88. The zero-order valence-electron chi connectivity index (χ0n) is 10.0. The van der Waals surface area contributed by atoms with Crippen LogP contribution in [0.3, 0.4) is 0 Å². The number of halogens is 1. The zero-order chi connectivity index (χ0) is 13.0. The maximum Gasteiger partial charge on any atom is 0.165 e. The van der Waals surface area contributed by atoms with Gasteiger partial charge in [-0.05, 0) is 25.1 Å². The first-order valence-electron chi connectivity index (χ1n) is 5.73. The minimum atomic E-state index is -0.381. The first-order chi connectivity index (χ1) is 8.74. The smallest absolute Gasteiger partial charge is 0.165 e. The Morgan fingerprint density at radius 2 is 2.28 bits per heavy atom. The second-order valence-corrected chi connectivity index (χ2v) is 4.80. The third-order valence-corrected chi connectivity index (χ3v) is 3.50. The molecule has 1 aromatic carbocycles. The molecule has 18 heavy (non-hydrogen) atoms. The van der Waals surface area contributed by atoms with Crippen LogP contribution in [-0.4, -0.2) is 23.3 Å². The third kappa shape index (κ3) is 2.86. The molecule has 96 valence electrons. The van der Waals surface area contributed by atoms with Gasteiger partial charge >= 0.3 is 0 Å². The largest absolute Gasteiger partial charge is 0.491 e. The fraction of sp³-hybridized carbons (Fsp3) is 0.308. The molecule has 0 unspecified atom stereocenters. The average Bonchev–Trinajstić information content (AvgIpc) is 2.81. The number of aromatic nitrogens is 1. The van der Waals surface area contributed by atoms with Gasteiger partial charge in [-0.2, -0.15) is 0 Å². The molecule has 1 aromatic heterocycles. The lowest BCUT2D eigenvalue weighted by Gasteiger charge is -2.05. The first-order valence-corrected chi connectivity index (χ1v) is 6.54.